The van der Waals surface area contributed by atoms with E-state index in [9.17, 15) is 0 Å². The average molecular weight is 447 g/mol. The smallest absolute Gasteiger partial charge is 0.151 e. The number of halogens is 1. The van der Waals surface area contributed by atoms with Crippen LogP contribution < -0.4 is 4.90 Å². The first-order valence-electron chi connectivity index (χ1n) is 11.1. The topological polar surface area (TPSA) is 50.1 Å². The molecule has 0 saturated carbocycles. The summed E-state index contributed by atoms with van der Waals surface area (Å²) in [5.41, 5.74) is 3.32. The van der Waals surface area contributed by atoms with Crippen LogP contribution in [0.4, 0.5) is 5.82 Å². The minimum Gasteiger partial charge on any atom is -0.351 e. The lowest BCUT2D eigenvalue weighted by molar-refractivity contribution is 0.292. The summed E-state index contributed by atoms with van der Waals surface area (Å²) >= 11 is 6.26. The van der Waals surface area contributed by atoms with Crippen molar-refractivity contribution < 1.29 is 0 Å². The fourth-order valence-electron chi connectivity index (χ4n) is 4.66. The van der Waals surface area contributed by atoms with Crippen molar-refractivity contribution in [3.63, 3.8) is 0 Å². The van der Waals surface area contributed by atoms with Crippen LogP contribution in [0.2, 0.25) is 5.02 Å². The monoisotopic (exact) mass is 446 g/mol. The molecule has 0 bridgehead atoms. The number of fused-ring (bicyclic) bond motifs is 1. The van der Waals surface area contributed by atoms with E-state index in [2.05, 4.69) is 68.0 Å². The number of aromatic nitrogens is 4. The third-order valence-electron chi connectivity index (χ3n) is 6.14. The third-order valence-corrected chi connectivity index (χ3v) is 6.37. The van der Waals surface area contributed by atoms with Gasteiger partial charge in [-0.25, -0.2) is 4.98 Å². The molecule has 0 N–H and O–H groups in total. The van der Waals surface area contributed by atoms with Gasteiger partial charge >= 0.3 is 0 Å². The van der Waals surface area contributed by atoms with E-state index in [1.165, 1.54) is 12.0 Å². The highest BCUT2D eigenvalue weighted by molar-refractivity contribution is 6.31. The van der Waals surface area contributed by atoms with E-state index in [1.54, 1.807) is 6.20 Å². The SMILES string of the molecule is CN(Cc1nc2cc(Cl)ccc2n1Cc1ccccc1)CC1CCCN1c1cccnn1. The van der Waals surface area contributed by atoms with Gasteiger partial charge in [-0.2, -0.15) is 5.10 Å². The minimum atomic E-state index is 0.429. The summed E-state index contributed by atoms with van der Waals surface area (Å²) in [4.78, 5) is 9.71. The van der Waals surface area contributed by atoms with Gasteiger partial charge in [0, 0.05) is 36.9 Å². The molecular formula is C25H27ClN6. The lowest BCUT2D eigenvalue weighted by Crippen LogP contribution is -2.39. The van der Waals surface area contributed by atoms with Crippen LogP contribution in [-0.4, -0.2) is 50.8 Å². The van der Waals surface area contributed by atoms with Crippen LogP contribution in [0.1, 0.15) is 24.2 Å². The quantitative estimate of drug-likeness (QED) is 0.414. The zero-order chi connectivity index (χ0) is 21.9. The van der Waals surface area contributed by atoms with Crippen LogP contribution in [0.25, 0.3) is 11.0 Å². The Kier molecular flexibility index (Phi) is 6.06. The Balaban J connectivity index is 1.37. The van der Waals surface area contributed by atoms with E-state index in [-0.39, 0.29) is 0 Å². The molecule has 164 valence electrons. The van der Waals surface area contributed by atoms with E-state index in [1.807, 2.05) is 24.3 Å². The lowest BCUT2D eigenvalue weighted by Gasteiger charge is -2.29. The summed E-state index contributed by atoms with van der Waals surface area (Å²) < 4.78 is 2.31. The molecular weight excluding hydrogens is 420 g/mol. The van der Waals surface area contributed by atoms with Crippen LogP contribution in [-0.2, 0) is 13.1 Å². The molecule has 5 rings (SSSR count). The van der Waals surface area contributed by atoms with Crippen molar-refractivity contribution in [2.45, 2.75) is 32.0 Å². The molecule has 0 spiro atoms. The van der Waals surface area contributed by atoms with Gasteiger partial charge in [0.15, 0.2) is 5.82 Å². The number of hydrogen-bond donors (Lipinski definition) is 0. The highest BCUT2D eigenvalue weighted by Gasteiger charge is 2.27. The Morgan fingerprint density at radius 3 is 2.78 bits per heavy atom. The largest absolute Gasteiger partial charge is 0.351 e. The molecule has 7 heteroatoms. The van der Waals surface area contributed by atoms with Crippen molar-refractivity contribution in [3.05, 3.63) is 83.3 Å². The Hall–Kier alpha value is -2.96. The van der Waals surface area contributed by atoms with E-state index >= 15 is 0 Å². The van der Waals surface area contributed by atoms with E-state index in [0.29, 0.717) is 11.1 Å². The average Bonchev–Trinajstić information content (AvgIpc) is 3.39. The maximum Gasteiger partial charge on any atom is 0.151 e. The van der Waals surface area contributed by atoms with Gasteiger partial charge in [0.1, 0.15) is 5.82 Å². The summed E-state index contributed by atoms with van der Waals surface area (Å²) in [6, 6.07) is 20.9. The zero-order valence-corrected chi connectivity index (χ0v) is 19.0. The maximum absolute atomic E-state index is 6.26. The fourth-order valence-corrected chi connectivity index (χ4v) is 4.82. The normalized spacial score (nSPS) is 16.3. The van der Waals surface area contributed by atoms with Gasteiger partial charge in [-0.3, -0.25) is 4.90 Å². The molecule has 4 aromatic rings. The predicted octanol–water partition coefficient (Wildman–Crippen LogP) is 4.63. The van der Waals surface area contributed by atoms with Crippen molar-refractivity contribution in [3.8, 4) is 0 Å². The van der Waals surface area contributed by atoms with Crippen LogP contribution in [0.15, 0.2) is 66.9 Å². The highest BCUT2D eigenvalue weighted by Crippen LogP contribution is 2.25. The lowest BCUT2D eigenvalue weighted by atomic mass is 10.2. The van der Waals surface area contributed by atoms with Gasteiger partial charge < -0.3 is 9.47 Å². The predicted molar refractivity (Wildman–Crippen MR) is 129 cm³/mol. The number of benzene rings is 2. The first kappa shape index (κ1) is 20.9. The second-order valence-electron chi connectivity index (χ2n) is 8.50. The van der Waals surface area contributed by atoms with Crippen molar-refractivity contribution in [1.29, 1.82) is 0 Å². The summed E-state index contributed by atoms with van der Waals surface area (Å²) in [7, 11) is 2.17. The Labute approximate surface area is 193 Å². The standard InChI is InChI=1S/C25H27ClN6/c1-30(17-21-9-6-14-31(21)24-10-5-13-27-29-24)18-25-28-22-15-20(26)11-12-23(22)32(25)16-19-7-3-2-4-8-19/h2-5,7-8,10-13,15,21H,6,9,14,16-18H2,1H3. The molecule has 1 saturated heterocycles. The second kappa shape index (κ2) is 9.27. The fraction of sp³-hybridized carbons (Fsp3) is 0.320. The van der Waals surface area contributed by atoms with Crippen molar-refractivity contribution in [1.82, 2.24) is 24.6 Å². The third kappa shape index (κ3) is 4.47. The molecule has 1 aliphatic rings. The van der Waals surface area contributed by atoms with Crippen molar-refractivity contribution in [2.75, 3.05) is 25.0 Å². The molecule has 0 radical (unpaired) electrons. The van der Waals surface area contributed by atoms with Gasteiger partial charge in [-0.05, 0) is 55.8 Å². The molecule has 2 aromatic carbocycles. The van der Waals surface area contributed by atoms with Gasteiger partial charge in [-0.15, -0.1) is 5.10 Å². The Morgan fingerprint density at radius 1 is 1.09 bits per heavy atom. The number of hydrogen-bond acceptors (Lipinski definition) is 5. The van der Waals surface area contributed by atoms with Crippen LogP contribution in [0, 0.1) is 0 Å². The summed E-state index contributed by atoms with van der Waals surface area (Å²) in [5, 5.41) is 9.11. The van der Waals surface area contributed by atoms with Gasteiger partial charge in [0.05, 0.1) is 17.6 Å². The van der Waals surface area contributed by atoms with E-state index in [0.717, 1.165) is 55.3 Å². The summed E-state index contributed by atoms with van der Waals surface area (Å²) in [6.45, 7) is 3.54. The number of likely N-dealkylation sites (N-methyl/N-ethyl adjacent to an activating group) is 1. The molecule has 1 unspecified atom stereocenters. The Bertz CT molecular complexity index is 1180. The number of anilines is 1. The van der Waals surface area contributed by atoms with Crippen LogP contribution in [0.5, 0.6) is 0 Å². The molecule has 6 nitrogen and oxygen atoms in total. The molecule has 1 fully saturated rings. The molecule has 1 aliphatic heterocycles. The van der Waals surface area contributed by atoms with Gasteiger partial charge in [0.25, 0.3) is 0 Å². The van der Waals surface area contributed by atoms with Crippen molar-refractivity contribution in [2.24, 2.45) is 0 Å². The highest BCUT2D eigenvalue weighted by atomic mass is 35.5. The molecule has 0 aliphatic carbocycles. The molecule has 2 aromatic heterocycles. The second-order valence-corrected chi connectivity index (χ2v) is 8.94. The molecule has 32 heavy (non-hydrogen) atoms. The number of rotatable bonds is 7. The summed E-state index contributed by atoms with van der Waals surface area (Å²) in [6.07, 6.45) is 4.07. The maximum atomic E-state index is 6.26. The Morgan fingerprint density at radius 2 is 1.97 bits per heavy atom. The van der Waals surface area contributed by atoms with Gasteiger partial charge in [0.2, 0.25) is 0 Å². The molecule has 1 atom stereocenters. The van der Waals surface area contributed by atoms with E-state index < -0.39 is 0 Å². The number of nitrogens with zero attached hydrogens (tertiary/aromatic N) is 6. The first-order chi connectivity index (χ1) is 15.7. The van der Waals surface area contributed by atoms with Crippen LogP contribution in [0.3, 0.4) is 0 Å². The zero-order valence-electron chi connectivity index (χ0n) is 18.2. The van der Waals surface area contributed by atoms with Gasteiger partial charge in [-0.1, -0.05) is 41.9 Å². The molecule has 3 heterocycles. The minimum absolute atomic E-state index is 0.429. The van der Waals surface area contributed by atoms with E-state index in [4.69, 9.17) is 16.6 Å². The first-order valence-corrected chi connectivity index (χ1v) is 11.5. The summed E-state index contributed by atoms with van der Waals surface area (Å²) in [5.74, 6) is 2.02. The van der Waals surface area contributed by atoms with Crippen molar-refractivity contribution >= 4 is 28.5 Å². The number of imidazole rings is 1. The van der Waals surface area contributed by atoms with Crippen LogP contribution >= 0.6 is 11.6 Å². The molecule has 0 amide bonds.